The van der Waals surface area contributed by atoms with Crippen LogP contribution in [0.5, 0.6) is 0 Å². The second kappa shape index (κ2) is 5.27. The van der Waals surface area contributed by atoms with Crippen molar-refractivity contribution in [2.24, 2.45) is 0 Å². The van der Waals surface area contributed by atoms with Gasteiger partial charge in [0.15, 0.2) is 9.84 Å². The summed E-state index contributed by atoms with van der Waals surface area (Å²) in [4.78, 5) is 2.08. The highest BCUT2D eigenvalue weighted by molar-refractivity contribution is 7.91. The first-order chi connectivity index (χ1) is 7.00. The molecule has 0 aromatic heterocycles. The smallest absolute Gasteiger partial charge is 0.154 e. The maximum atomic E-state index is 11.4. The Morgan fingerprint density at radius 3 is 2.40 bits per heavy atom. The lowest BCUT2D eigenvalue weighted by atomic mass is 10.1. The topological polar surface area (TPSA) is 57.6 Å². The molecule has 0 aromatic rings. The summed E-state index contributed by atoms with van der Waals surface area (Å²) in [5, 5.41) is 9.70. The molecule has 2 atom stereocenters. The highest BCUT2D eigenvalue weighted by Gasteiger charge is 2.39. The number of likely N-dealkylation sites (N-methyl/N-ethyl adjacent to an activating group) is 1. The van der Waals surface area contributed by atoms with E-state index in [4.69, 9.17) is 0 Å². The van der Waals surface area contributed by atoms with Crippen molar-refractivity contribution >= 4 is 9.84 Å². The summed E-state index contributed by atoms with van der Waals surface area (Å²) in [7, 11) is -3.02. The van der Waals surface area contributed by atoms with Gasteiger partial charge in [-0.1, -0.05) is 20.3 Å². The van der Waals surface area contributed by atoms with Gasteiger partial charge in [-0.25, -0.2) is 8.42 Å². The Kier molecular flexibility index (Phi) is 4.55. The molecular weight excluding hydrogens is 214 g/mol. The molecule has 0 bridgehead atoms. The van der Waals surface area contributed by atoms with Crippen LogP contribution in [0.1, 0.15) is 26.7 Å². The molecule has 5 heteroatoms. The molecule has 4 nitrogen and oxygen atoms in total. The van der Waals surface area contributed by atoms with E-state index in [1.54, 1.807) is 0 Å². The number of sulfone groups is 1. The lowest BCUT2D eigenvalue weighted by molar-refractivity contribution is 0.0856. The molecule has 15 heavy (non-hydrogen) atoms. The normalized spacial score (nSPS) is 29.9. The molecule has 1 N–H and O–H groups in total. The number of hydrogen-bond acceptors (Lipinski definition) is 4. The SMILES string of the molecule is CCCCN(CC)[C@@H]1CS(=O)(=O)C[C@H]1O. The van der Waals surface area contributed by atoms with Crippen LogP contribution < -0.4 is 0 Å². The quantitative estimate of drug-likeness (QED) is 0.743. The van der Waals surface area contributed by atoms with Crippen molar-refractivity contribution in [3.8, 4) is 0 Å². The lowest BCUT2D eigenvalue weighted by Gasteiger charge is -2.28. The molecule has 1 saturated heterocycles. The molecule has 0 amide bonds. The van der Waals surface area contributed by atoms with E-state index >= 15 is 0 Å². The predicted octanol–water partition coefficient (Wildman–Crippen LogP) is 0.266. The molecule has 1 fully saturated rings. The van der Waals surface area contributed by atoms with E-state index in [1.807, 2.05) is 6.92 Å². The molecule has 0 aliphatic carbocycles. The number of unbranched alkanes of at least 4 members (excludes halogenated alkanes) is 1. The molecule has 0 aromatic carbocycles. The van der Waals surface area contributed by atoms with E-state index < -0.39 is 15.9 Å². The summed E-state index contributed by atoms with van der Waals surface area (Å²) in [6.07, 6.45) is 1.44. The number of aliphatic hydroxyl groups excluding tert-OH is 1. The highest BCUT2D eigenvalue weighted by Crippen LogP contribution is 2.18. The first-order valence-corrected chi connectivity index (χ1v) is 7.44. The lowest BCUT2D eigenvalue weighted by Crippen LogP contribution is -2.43. The van der Waals surface area contributed by atoms with Crippen LogP contribution in [0, 0.1) is 0 Å². The van der Waals surface area contributed by atoms with Gasteiger partial charge in [-0.15, -0.1) is 0 Å². The van der Waals surface area contributed by atoms with Crippen LogP contribution in [0.4, 0.5) is 0 Å². The fourth-order valence-corrected chi connectivity index (χ4v) is 3.91. The van der Waals surface area contributed by atoms with E-state index in [0.717, 1.165) is 25.9 Å². The van der Waals surface area contributed by atoms with Crippen molar-refractivity contribution in [3.63, 3.8) is 0 Å². The standard InChI is InChI=1S/C10H21NO3S/c1-3-5-6-11(4-2)9-7-15(13,14)8-10(9)12/h9-10,12H,3-8H2,1-2H3/t9-,10-/m1/s1. The molecule has 0 unspecified atom stereocenters. The van der Waals surface area contributed by atoms with Crippen LogP contribution in [-0.2, 0) is 9.84 Å². The van der Waals surface area contributed by atoms with Crippen LogP contribution in [0.15, 0.2) is 0 Å². The van der Waals surface area contributed by atoms with Crippen molar-refractivity contribution in [1.29, 1.82) is 0 Å². The number of nitrogens with zero attached hydrogens (tertiary/aromatic N) is 1. The summed E-state index contributed by atoms with van der Waals surface area (Å²) in [5.41, 5.74) is 0. The van der Waals surface area contributed by atoms with Crippen molar-refractivity contribution in [1.82, 2.24) is 4.90 Å². The van der Waals surface area contributed by atoms with Gasteiger partial charge in [-0.2, -0.15) is 0 Å². The molecule has 0 spiro atoms. The maximum Gasteiger partial charge on any atom is 0.154 e. The van der Waals surface area contributed by atoms with Crippen molar-refractivity contribution in [2.45, 2.75) is 38.8 Å². The Bertz CT molecular complexity index is 289. The monoisotopic (exact) mass is 235 g/mol. The van der Waals surface area contributed by atoms with E-state index in [0.29, 0.717) is 0 Å². The van der Waals surface area contributed by atoms with Gasteiger partial charge in [0.05, 0.1) is 23.7 Å². The largest absolute Gasteiger partial charge is 0.390 e. The second-order valence-electron chi connectivity index (χ2n) is 4.19. The minimum absolute atomic E-state index is 0.0692. The summed E-state index contributed by atoms with van der Waals surface area (Å²) in [5.74, 6) is 0.0476. The van der Waals surface area contributed by atoms with Gasteiger partial charge in [-0.3, -0.25) is 4.90 Å². The molecule has 1 aliphatic heterocycles. The van der Waals surface area contributed by atoms with Gasteiger partial charge in [0.1, 0.15) is 0 Å². The van der Waals surface area contributed by atoms with Crippen LogP contribution in [-0.4, -0.2) is 55.2 Å². The molecule has 0 saturated carbocycles. The number of hydrogen-bond donors (Lipinski definition) is 1. The predicted molar refractivity (Wildman–Crippen MR) is 60.6 cm³/mol. The van der Waals surface area contributed by atoms with Crippen LogP contribution >= 0.6 is 0 Å². The number of aliphatic hydroxyl groups is 1. The van der Waals surface area contributed by atoms with Gasteiger partial charge < -0.3 is 5.11 Å². The maximum absolute atomic E-state index is 11.4. The van der Waals surface area contributed by atoms with Gasteiger partial charge >= 0.3 is 0 Å². The average molecular weight is 235 g/mol. The number of rotatable bonds is 5. The molecule has 1 aliphatic rings. The van der Waals surface area contributed by atoms with Crippen LogP contribution in [0.3, 0.4) is 0 Å². The Balaban J connectivity index is 2.61. The molecule has 0 radical (unpaired) electrons. The van der Waals surface area contributed by atoms with Crippen molar-refractivity contribution < 1.29 is 13.5 Å². The first-order valence-electron chi connectivity index (χ1n) is 5.62. The van der Waals surface area contributed by atoms with E-state index in [9.17, 15) is 13.5 Å². The summed E-state index contributed by atoms with van der Waals surface area (Å²) >= 11 is 0. The van der Waals surface area contributed by atoms with Crippen LogP contribution in [0.25, 0.3) is 0 Å². The summed E-state index contributed by atoms with van der Waals surface area (Å²) in [6.45, 7) is 5.80. The van der Waals surface area contributed by atoms with Crippen LogP contribution in [0.2, 0.25) is 0 Å². The second-order valence-corrected chi connectivity index (χ2v) is 6.35. The fourth-order valence-electron chi connectivity index (χ4n) is 2.08. The highest BCUT2D eigenvalue weighted by atomic mass is 32.2. The Morgan fingerprint density at radius 2 is 2.00 bits per heavy atom. The van der Waals surface area contributed by atoms with E-state index in [1.165, 1.54) is 0 Å². The first kappa shape index (κ1) is 12.9. The van der Waals surface area contributed by atoms with Crippen molar-refractivity contribution in [2.75, 3.05) is 24.6 Å². The molecule has 1 heterocycles. The zero-order valence-corrected chi connectivity index (χ0v) is 10.3. The zero-order valence-electron chi connectivity index (χ0n) is 9.52. The molecule has 90 valence electrons. The van der Waals surface area contributed by atoms with E-state index in [-0.39, 0.29) is 17.5 Å². The minimum atomic E-state index is -3.02. The third-order valence-electron chi connectivity index (χ3n) is 2.97. The Labute approximate surface area is 92.2 Å². The zero-order chi connectivity index (χ0) is 11.5. The fraction of sp³-hybridized carbons (Fsp3) is 1.00. The van der Waals surface area contributed by atoms with Crippen molar-refractivity contribution in [3.05, 3.63) is 0 Å². The molecular formula is C10H21NO3S. The van der Waals surface area contributed by atoms with Gasteiger partial charge in [0.25, 0.3) is 0 Å². The van der Waals surface area contributed by atoms with E-state index in [2.05, 4.69) is 11.8 Å². The van der Waals surface area contributed by atoms with Gasteiger partial charge in [0, 0.05) is 0 Å². The summed E-state index contributed by atoms with van der Waals surface area (Å²) < 4.78 is 22.7. The third-order valence-corrected chi connectivity index (χ3v) is 4.67. The van der Waals surface area contributed by atoms with Gasteiger partial charge in [0.2, 0.25) is 0 Å². The summed E-state index contributed by atoms with van der Waals surface area (Å²) in [6, 6.07) is -0.188. The minimum Gasteiger partial charge on any atom is -0.390 e. The molecule has 1 rings (SSSR count). The van der Waals surface area contributed by atoms with Gasteiger partial charge in [-0.05, 0) is 19.5 Å². The average Bonchev–Trinajstić information content (AvgIpc) is 2.42. The third kappa shape index (κ3) is 3.43. The Hall–Kier alpha value is -0.130. The Morgan fingerprint density at radius 1 is 1.33 bits per heavy atom.